The maximum Gasteiger partial charge on any atom is 0.0161 e. The normalized spacial score (nSPS) is 30.2. The van der Waals surface area contributed by atoms with Gasteiger partial charge in [0.05, 0.1) is 0 Å². The molecule has 58 valence electrons. The summed E-state index contributed by atoms with van der Waals surface area (Å²) in [4.78, 5) is 0. The predicted molar refractivity (Wildman–Crippen MR) is 45.0 cm³/mol. The molecular formula is C9H17N. The zero-order chi connectivity index (χ0) is 7.56. The maximum absolute atomic E-state index is 3.84. The highest BCUT2D eigenvalue weighted by Gasteiger charge is 2.34. The Labute approximate surface area is 63.5 Å². The van der Waals surface area contributed by atoms with E-state index in [0.29, 0.717) is 0 Å². The summed E-state index contributed by atoms with van der Waals surface area (Å²) in [5, 5.41) is 3.46. The molecule has 1 rings (SSSR count). The van der Waals surface area contributed by atoms with E-state index in [2.05, 4.69) is 25.7 Å². The molecule has 0 aliphatic heterocycles. The molecule has 10 heavy (non-hydrogen) atoms. The highest BCUT2D eigenvalue weighted by molar-refractivity contribution is 4.98. The van der Waals surface area contributed by atoms with Gasteiger partial charge in [0, 0.05) is 12.6 Å². The number of nitrogens with one attached hydrogen (secondary N) is 1. The molecule has 1 saturated carbocycles. The fraction of sp³-hybridized carbons (Fsp3) is 0.778. The fourth-order valence-corrected chi connectivity index (χ4v) is 1.25. The largest absolute Gasteiger partial charge is 0.310 e. The van der Waals surface area contributed by atoms with Crippen molar-refractivity contribution >= 4 is 0 Å². The van der Waals surface area contributed by atoms with Gasteiger partial charge >= 0.3 is 0 Å². The molecule has 1 nitrogen and oxygen atoms in total. The third-order valence-electron chi connectivity index (χ3n) is 2.11. The van der Waals surface area contributed by atoms with E-state index in [0.717, 1.165) is 18.5 Å². The van der Waals surface area contributed by atoms with Crippen LogP contribution >= 0.6 is 0 Å². The Kier molecular flexibility index (Phi) is 2.50. The summed E-state index contributed by atoms with van der Waals surface area (Å²) in [7, 11) is 0. The maximum atomic E-state index is 3.84. The second-order valence-corrected chi connectivity index (χ2v) is 3.35. The van der Waals surface area contributed by atoms with Crippen LogP contribution in [0.4, 0.5) is 0 Å². The zero-order valence-corrected chi connectivity index (χ0v) is 6.98. The summed E-state index contributed by atoms with van der Waals surface area (Å²) in [5.41, 5.74) is 1.24. The molecule has 2 unspecified atom stereocenters. The van der Waals surface area contributed by atoms with Crippen molar-refractivity contribution in [3.63, 3.8) is 0 Å². The van der Waals surface area contributed by atoms with E-state index in [1.807, 2.05) is 0 Å². The Balaban J connectivity index is 2.01. The minimum absolute atomic E-state index is 0.807. The Morgan fingerprint density at radius 3 is 2.80 bits per heavy atom. The average molecular weight is 139 g/mol. The van der Waals surface area contributed by atoms with Crippen molar-refractivity contribution < 1.29 is 0 Å². The van der Waals surface area contributed by atoms with Crippen LogP contribution in [0.25, 0.3) is 0 Å². The summed E-state index contributed by atoms with van der Waals surface area (Å²) in [5.74, 6) is 0.958. The molecule has 0 spiro atoms. The zero-order valence-electron chi connectivity index (χ0n) is 6.98. The summed E-state index contributed by atoms with van der Waals surface area (Å²) in [6.45, 7) is 9.17. The van der Waals surface area contributed by atoms with Crippen LogP contribution in [0, 0.1) is 5.92 Å². The van der Waals surface area contributed by atoms with E-state index in [4.69, 9.17) is 0 Å². The van der Waals surface area contributed by atoms with Crippen molar-refractivity contribution in [3.8, 4) is 0 Å². The Hall–Kier alpha value is -0.300. The number of hydrogen-bond acceptors (Lipinski definition) is 1. The highest BCUT2D eigenvalue weighted by atomic mass is 15.0. The second-order valence-electron chi connectivity index (χ2n) is 3.35. The first-order valence-corrected chi connectivity index (χ1v) is 4.11. The molecule has 1 aliphatic rings. The predicted octanol–water partition coefficient (Wildman–Crippen LogP) is 1.95. The molecule has 0 radical (unpaired) electrons. The molecule has 1 N–H and O–H groups in total. The van der Waals surface area contributed by atoms with E-state index in [1.165, 1.54) is 18.4 Å². The van der Waals surface area contributed by atoms with E-state index in [-0.39, 0.29) is 0 Å². The Bertz CT molecular complexity index is 129. The molecule has 0 aromatic heterocycles. The molecule has 0 aromatic rings. The molecule has 0 heterocycles. The highest BCUT2D eigenvalue weighted by Crippen LogP contribution is 2.32. The van der Waals surface area contributed by atoms with Crippen LogP contribution in [0.2, 0.25) is 0 Å². The van der Waals surface area contributed by atoms with Crippen molar-refractivity contribution in [2.75, 3.05) is 6.54 Å². The van der Waals surface area contributed by atoms with Crippen molar-refractivity contribution in [1.82, 2.24) is 5.32 Å². The van der Waals surface area contributed by atoms with Crippen molar-refractivity contribution in [2.45, 2.75) is 32.7 Å². The van der Waals surface area contributed by atoms with Crippen LogP contribution in [-0.2, 0) is 0 Å². The van der Waals surface area contributed by atoms with Gasteiger partial charge in [-0.25, -0.2) is 0 Å². The minimum atomic E-state index is 0.807. The van der Waals surface area contributed by atoms with Crippen LogP contribution in [0.5, 0.6) is 0 Å². The lowest BCUT2D eigenvalue weighted by Gasteiger charge is -2.00. The average Bonchev–Trinajstić information content (AvgIpc) is 2.61. The van der Waals surface area contributed by atoms with Gasteiger partial charge in [0.2, 0.25) is 0 Å². The third-order valence-corrected chi connectivity index (χ3v) is 2.11. The molecule has 1 fully saturated rings. The monoisotopic (exact) mass is 139 g/mol. The van der Waals surface area contributed by atoms with Gasteiger partial charge in [-0.1, -0.05) is 25.5 Å². The third kappa shape index (κ3) is 2.14. The Morgan fingerprint density at radius 2 is 2.40 bits per heavy atom. The molecule has 0 saturated heterocycles. The SMILES string of the molecule is C=C(C)CNC1CC1CC. The van der Waals surface area contributed by atoms with Crippen molar-refractivity contribution in [1.29, 1.82) is 0 Å². The fourth-order valence-electron chi connectivity index (χ4n) is 1.25. The molecule has 0 aromatic carbocycles. The van der Waals surface area contributed by atoms with Gasteiger partial charge in [0.25, 0.3) is 0 Å². The smallest absolute Gasteiger partial charge is 0.0161 e. The molecule has 2 atom stereocenters. The van der Waals surface area contributed by atoms with Crippen LogP contribution in [0.3, 0.4) is 0 Å². The first-order valence-electron chi connectivity index (χ1n) is 4.11. The van der Waals surface area contributed by atoms with E-state index < -0.39 is 0 Å². The van der Waals surface area contributed by atoms with Gasteiger partial charge in [-0.05, 0) is 19.3 Å². The summed E-state index contributed by atoms with van der Waals surface area (Å²) in [6, 6.07) is 0.807. The summed E-state index contributed by atoms with van der Waals surface area (Å²) >= 11 is 0. The van der Waals surface area contributed by atoms with E-state index in [1.54, 1.807) is 0 Å². The molecular weight excluding hydrogens is 122 g/mol. The lowest BCUT2D eigenvalue weighted by atomic mass is 10.3. The van der Waals surface area contributed by atoms with Crippen LogP contribution in [0.1, 0.15) is 26.7 Å². The van der Waals surface area contributed by atoms with Crippen LogP contribution in [-0.4, -0.2) is 12.6 Å². The van der Waals surface area contributed by atoms with Gasteiger partial charge in [-0.3, -0.25) is 0 Å². The van der Waals surface area contributed by atoms with Gasteiger partial charge in [0.15, 0.2) is 0 Å². The lowest BCUT2D eigenvalue weighted by molar-refractivity contribution is 0.652. The number of rotatable bonds is 4. The molecule has 1 heteroatoms. The standard InChI is InChI=1S/C9H17N/c1-4-8-5-9(8)10-6-7(2)3/h8-10H,2,4-6H2,1,3H3. The van der Waals surface area contributed by atoms with Gasteiger partial charge in [0.1, 0.15) is 0 Å². The second kappa shape index (κ2) is 3.20. The topological polar surface area (TPSA) is 12.0 Å². The van der Waals surface area contributed by atoms with Crippen molar-refractivity contribution in [2.24, 2.45) is 5.92 Å². The number of hydrogen-bond donors (Lipinski definition) is 1. The molecule has 1 aliphatic carbocycles. The lowest BCUT2D eigenvalue weighted by Crippen LogP contribution is -2.19. The summed E-state index contributed by atoms with van der Waals surface area (Å²) in [6.07, 6.45) is 2.71. The van der Waals surface area contributed by atoms with Gasteiger partial charge in [-0.15, -0.1) is 0 Å². The minimum Gasteiger partial charge on any atom is -0.310 e. The van der Waals surface area contributed by atoms with Crippen LogP contribution in [0.15, 0.2) is 12.2 Å². The quantitative estimate of drug-likeness (QED) is 0.587. The first-order chi connectivity index (χ1) is 4.74. The van der Waals surface area contributed by atoms with E-state index >= 15 is 0 Å². The van der Waals surface area contributed by atoms with Crippen LogP contribution < -0.4 is 5.32 Å². The molecule has 0 bridgehead atoms. The molecule has 0 amide bonds. The Morgan fingerprint density at radius 1 is 1.70 bits per heavy atom. The van der Waals surface area contributed by atoms with Gasteiger partial charge in [-0.2, -0.15) is 0 Å². The van der Waals surface area contributed by atoms with E-state index in [9.17, 15) is 0 Å². The first kappa shape index (κ1) is 7.80. The summed E-state index contributed by atoms with van der Waals surface area (Å²) < 4.78 is 0. The van der Waals surface area contributed by atoms with Gasteiger partial charge < -0.3 is 5.32 Å². The van der Waals surface area contributed by atoms with Crippen molar-refractivity contribution in [3.05, 3.63) is 12.2 Å².